The van der Waals surface area contributed by atoms with E-state index < -0.39 is 5.54 Å². The van der Waals surface area contributed by atoms with Gasteiger partial charge in [0.05, 0.1) is 12.7 Å². The number of nitrogens with one attached hydrogen (secondary N) is 1. The van der Waals surface area contributed by atoms with Crippen molar-refractivity contribution in [3.05, 3.63) is 41.5 Å². The van der Waals surface area contributed by atoms with E-state index in [1.807, 2.05) is 6.07 Å². The molecule has 106 valence electrons. The predicted octanol–water partition coefficient (Wildman–Crippen LogP) is 2.05. The molecule has 0 aliphatic rings. The van der Waals surface area contributed by atoms with Crippen LogP contribution in [0.25, 0.3) is 0 Å². The van der Waals surface area contributed by atoms with E-state index in [1.165, 1.54) is 7.11 Å². The molecule has 0 spiro atoms. The van der Waals surface area contributed by atoms with Gasteiger partial charge >= 0.3 is 0 Å². The number of carbonyl (C=O) groups is 1. The van der Waals surface area contributed by atoms with Crippen LogP contribution in [0.1, 0.15) is 35.9 Å². The number of hydrogen-bond acceptors (Lipinski definition) is 5. The molecule has 2 rings (SSSR count). The Labute approximate surface area is 117 Å². The van der Waals surface area contributed by atoms with Crippen molar-refractivity contribution >= 4 is 5.91 Å². The fourth-order valence-electron chi connectivity index (χ4n) is 1.79. The highest BCUT2D eigenvalue weighted by Crippen LogP contribution is 2.22. The van der Waals surface area contributed by atoms with E-state index in [0.717, 1.165) is 0 Å². The van der Waals surface area contributed by atoms with Crippen LogP contribution in [-0.2, 0) is 5.54 Å². The van der Waals surface area contributed by atoms with Crippen LogP contribution in [0.5, 0.6) is 5.75 Å². The average molecular weight is 275 g/mol. The number of aromatic nitrogens is 2. The highest BCUT2D eigenvalue weighted by Gasteiger charge is 2.30. The van der Waals surface area contributed by atoms with E-state index in [1.54, 1.807) is 39.0 Å². The molecule has 1 heterocycles. The highest BCUT2D eigenvalue weighted by atomic mass is 16.5. The first-order valence-electron chi connectivity index (χ1n) is 6.20. The van der Waals surface area contributed by atoms with Gasteiger partial charge in [0.2, 0.25) is 0 Å². The van der Waals surface area contributed by atoms with Gasteiger partial charge in [0.15, 0.2) is 5.82 Å². The van der Waals surface area contributed by atoms with E-state index in [2.05, 4.69) is 15.5 Å². The molecule has 0 saturated carbocycles. The summed E-state index contributed by atoms with van der Waals surface area (Å²) in [6, 6.07) is 7.02. The van der Waals surface area contributed by atoms with Crippen molar-refractivity contribution in [1.82, 2.24) is 15.5 Å². The third-order valence-corrected chi connectivity index (χ3v) is 2.84. The zero-order valence-electron chi connectivity index (χ0n) is 11.9. The Morgan fingerprint density at radius 1 is 1.35 bits per heavy atom. The molecule has 6 nitrogen and oxygen atoms in total. The zero-order valence-corrected chi connectivity index (χ0v) is 11.9. The first-order valence-corrected chi connectivity index (χ1v) is 6.20. The predicted molar refractivity (Wildman–Crippen MR) is 72.5 cm³/mol. The van der Waals surface area contributed by atoms with Crippen LogP contribution < -0.4 is 10.1 Å². The molecule has 0 radical (unpaired) electrons. The van der Waals surface area contributed by atoms with Crippen molar-refractivity contribution in [3.8, 4) is 5.75 Å². The summed E-state index contributed by atoms with van der Waals surface area (Å²) in [5.41, 5.74) is -0.307. The minimum atomic E-state index is -0.765. The number of rotatable bonds is 4. The summed E-state index contributed by atoms with van der Waals surface area (Å²) in [5.74, 6) is 1.14. The van der Waals surface area contributed by atoms with Crippen LogP contribution >= 0.6 is 0 Å². The second-order valence-electron chi connectivity index (χ2n) is 4.93. The first-order chi connectivity index (χ1) is 9.44. The number of methoxy groups -OCH3 is 1. The van der Waals surface area contributed by atoms with Gasteiger partial charge in [-0.05, 0) is 32.9 Å². The third-order valence-electron chi connectivity index (χ3n) is 2.84. The Morgan fingerprint density at radius 2 is 2.05 bits per heavy atom. The van der Waals surface area contributed by atoms with Crippen LogP contribution in [0.15, 0.2) is 28.8 Å². The quantitative estimate of drug-likeness (QED) is 0.924. The highest BCUT2D eigenvalue weighted by molar-refractivity contribution is 5.97. The molecule has 1 N–H and O–H groups in total. The third kappa shape index (κ3) is 2.79. The second kappa shape index (κ2) is 5.32. The van der Waals surface area contributed by atoms with E-state index in [4.69, 9.17) is 9.26 Å². The molecule has 0 bridgehead atoms. The lowest BCUT2D eigenvalue weighted by molar-refractivity contribution is 0.0891. The Morgan fingerprint density at radius 3 is 2.65 bits per heavy atom. The molecular formula is C14H17N3O3. The number of nitrogens with zero attached hydrogens (tertiary/aromatic N) is 2. The molecular weight excluding hydrogens is 258 g/mol. The maximum Gasteiger partial charge on any atom is 0.255 e. The number of amides is 1. The fourth-order valence-corrected chi connectivity index (χ4v) is 1.79. The maximum atomic E-state index is 12.3. The van der Waals surface area contributed by atoms with Crippen molar-refractivity contribution < 1.29 is 14.1 Å². The molecule has 0 saturated heterocycles. The molecule has 1 aromatic carbocycles. The zero-order chi connectivity index (χ0) is 14.8. The number of carbonyl (C=O) groups excluding carboxylic acids is 1. The van der Waals surface area contributed by atoms with Crippen LogP contribution in [-0.4, -0.2) is 23.2 Å². The van der Waals surface area contributed by atoms with E-state index in [-0.39, 0.29) is 5.91 Å². The summed E-state index contributed by atoms with van der Waals surface area (Å²) in [4.78, 5) is 16.5. The SMILES string of the molecule is COc1ccccc1C(=O)NC(C)(C)c1nc(C)no1. The van der Waals surface area contributed by atoms with Gasteiger partial charge in [-0.2, -0.15) is 4.98 Å². The van der Waals surface area contributed by atoms with Crippen LogP contribution in [0, 0.1) is 6.92 Å². The van der Waals surface area contributed by atoms with Crippen LogP contribution in [0.4, 0.5) is 0 Å². The minimum Gasteiger partial charge on any atom is -0.496 e. The lowest BCUT2D eigenvalue weighted by atomic mass is 10.0. The smallest absolute Gasteiger partial charge is 0.255 e. The molecule has 0 aliphatic carbocycles. The summed E-state index contributed by atoms with van der Waals surface area (Å²) < 4.78 is 10.3. The van der Waals surface area contributed by atoms with Gasteiger partial charge in [0, 0.05) is 0 Å². The average Bonchev–Trinajstić information content (AvgIpc) is 2.85. The normalized spacial score (nSPS) is 11.2. The largest absolute Gasteiger partial charge is 0.496 e. The molecule has 2 aromatic rings. The maximum absolute atomic E-state index is 12.3. The minimum absolute atomic E-state index is 0.261. The summed E-state index contributed by atoms with van der Waals surface area (Å²) in [7, 11) is 1.53. The molecule has 1 aromatic heterocycles. The van der Waals surface area contributed by atoms with E-state index in [0.29, 0.717) is 23.0 Å². The lowest BCUT2D eigenvalue weighted by Crippen LogP contribution is -2.41. The van der Waals surface area contributed by atoms with Gasteiger partial charge in [-0.25, -0.2) is 0 Å². The summed E-state index contributed by atoms with van der Waals surface area (Å²) in [6.45, 7) is 5.33. The summed E-state index contributed by atoms with van der Waals surface area (Å²) in [6.07, 6.45) is 0. The molecule has 0 atom stereocenters. The van der Waals surface area contributed by atoms with Crippen LogP contribution in [0.3, 0.4) is 0 Å². The first kappa shape index (κ1) is 14.0. The van der Waals surface area contributed by atoms with Crippen molar-refractivity contribution in [2.45, 2.75) is 26.3 Å². The van der Waals surface area contributed by atoms with E-state index in [9.17, 15) is 4.79 Å². The standard InChI is InChI=1S/C14H17N3O3/c1-9-15-13(20-17-9)14(2,3)16-12(18)10-7-5-6-8-11(10)19-4/h5-8H,1-4H3,(H,16,18). The Bertz CT molecular complexity index is 620. The van der Waals surface area contributed by atoms with Crippen molar-refractivity contribution in [2.24, 2.45) is 0 Å². The van der Waals surface area contributed by atoms with Gasteiger partial charge < -0.3 is 14.6 Å². The van der Waals surface area contributed by atoms with Gasteiger partial charge in [0.25, 0.3) is 11.8 Å². The molecule has 1 amide bonds. The van der Waals surface area contributed by atoms with Crippen molar-refractivity contribution in [1.29, 1.82) is 0 Å². The molecule has 6 heteroatoms. The van der Waals surface area contributed by atoms with Crippen molar-refractivity contribution in [2.75, 3.05) is 7.11 Å². The second-order valence-corrected chi connectivity index (χ2v) is 4.93. The number of hydrogen-bond donors (Lipinski definition) is 1. The Balaban J connectivity index is 2.22. The van der Waals surface area contributed by atoms with E-state index >= 15 is 0 Å². The Hall–Kier alpha value is -2.37. The molecule has 0 unspecified atom stereocenters. The number of benzene rings is 1. The summed E-state index contributed by atoms with van der Waals surface area (Å²) >= 11 is 0. The van der Waals surface area contributed by atoms with Crippen LogP contribution in [0.2, 0.25) is 0 Å². The Kier molecular flexibility index (Phi) is 3.74. The van der Waals surface area contributed by atoms with Crippen molar-refractivity contribution in [3.63, 3.8) is 0 Å². The topological polar surface area (TPSA) is 77.2 Å². The van der Waals surface area contributed by atoms with Gasteiger partial charge in [-0.3, -0.25) is 4.79 Å². The number of para-hydroxylation sites is 1. The molecule has 20 heavy (non-hydrogen) atoms. The summed E-state index contributed by atoms with van der Waals surface area (Å²) in [5, 5.41) is 6.60. The molecule has 0 fully saturated rings. The van der Waals surface area contributed by atoms with Gasteiger partial charge in [0.1, 0.15) is 11.3 Å². The number of ether oxygens (including phenoxy) is 1. The lowest BCUT2D eigenvalue weighted by Gasteiger charge is -2.22. The molecule has 0 aliphatic heterocycles. The van der Waals surface area contributed by atoms with Gasteiger partial charge in [-0.1, -0.05) is 17.3 Å². The monoisotopic (exact) mass is 275 g/mol. The van der Waals surface area contributed by atoms with Gasteiger partial charge in [-0.15, -0.1) is 0 Å². The number of aryl methyl sites for hydroxylation is 1. The fraction of sp³-hybridized carbons (Fsp3) is 0.357.